The lowest BCUT2D eigenvalue weighted by atomic mass is 10.0. The van der Waals surface area contributed by atoms with Crippen molar-refractivity contribution in [3.8, 4) is 0 Å². The summed E-state index contributed by atoms with van der Waals surface area (Å²) in [4.78, 5) is 0. The first kappa shape index (κ1) is 10.4. The Balaban J connectivity index is 1.99. The summed E-state index contributed by atoms with van der Waals surface area (Å²) in [5.41, 5.74) is 0.638. The Morgan fingerprint density at radius 3 is 2.67 bits per heavy atom. The molecule has 0 aromatic carbocycles. The first-order valence-electron chi connectivity index (χ1n) is 4.91. The molecule has 0 radical (unpaired) electrons. The van der Waals surface area contributed by atoms with Crippen molar-refractivity contribution < 1.29 is 0 Å². The van der Waals surface area contributed by atoms with Crippen LogP contribution >= 0.6 is 11.8 Å². The van der Waals surface area contributed by atoms with E-state index in [0.717, 1.165) is 6.04 Å². The second-order valence-electron chi connectivity index (χ2n) is 4.18. The smallest absolute Gasteiger partial charge is 0.00925 e. The van der Waals surface area contributed by atoms with Crippen LogP contribution in [-0.4, -0.2) is 24.6 Å². The van der Waals surface area contributed by atoms with Crippen LogP contribution in [0.25, 0.3) is 0 Å². The topological polar surface area (TPSA) is 12.0 Å². The molecule has 0 heterocycles. The molecule has 0 aromatic heterocycles. The van der Waals surface area contributed by atoms with Gasteiger partial charge in [-0.25, -0.2) is 0 Å². The average Bonchev–Trinajstić information content (AvgIpc) is 2.78. The summed E-state index contributed by atoms with van der Waals surface area (Å²) in [6.07, 6.45) is 6.32. The molecule has 0 aliphatic heterocycles. The van der Waals surface area contributed by atoms with E-state index in [1.165, 1.54) is 31.6 Å². The quantitative estimate of drug-likeness (QED) is 0.641. The Hall–Kier alpha value is 0.310. The highest BCUT2D eigenvalue weighted by Crippen LogP contribution is 2.47. The summed E-state index contributed by atoms with van der Waals surface area (Å²) in [6, 6.07) is 0.722. The molecule has 72 valence electrons. The minimum absolute atomic E-state index is 0.638. The van der Waals surface area contributed by atoms with Crippen molar-refractivity contribution in [2.24, 2.45) is 5.41 Å². The van der Waals surface area contributed by atoms with Gasteiger partial charge in [-0.3, -0.25) is 0 Å². The van der Waals surface area contributed by atoms with E-state index >= 15 is 0 Å². The van der Waals surface area contributed by atoms with Gasteiger partial charge in [-0.1, -0.05) is 6.92 Å². The molecule has 0 aromatic rings. The van der Waals surface area contributed by atoms with Crippen LogP contribution < -0.4 is 5.32 Å². The van der Waals surface area contributed by atoms with E-state index in [-0.39, 0.29) is 0 Å². The van der Waals surface area contributed by atoms with Gasteiger partial charge in [-0.05, 0) is 50.2 Å². The van der Waals surface area contributed by atoms with Gasteiger partial charge in [0, 0.05) is 6.04 Å². The molecule has 1 aliphatic carbocycles. The fourth-order valence-electron chi connectivity index (χ4n) is 1.41. The molecule has 1 atom stereocenters. The van der Waals surface area contributed by atoms with Crippen LogP contribution in [0, 0.1) is 5.41 Å². The number of thioether (sulfide) groups is 1. The zero-order chi connectivity index (χ0) is 9.03. The summed E-state index contributed by atoms with van der Waals surface area (Å²) in [7, 11) is 0. The minimum atomic E-state index is 0.638. The van der Waals surface area contributed by atoms with Crippen LogP contribution in [0.4, 0.5) is 0 Å². The van der Waals surface area contributed by atoms with Gasteiger partial charge in [-0.15, -0.1) is 0 Å². The van der Waals surface area contributed by atoms with E-state index in [1.807, 2.05) is 11.8 Å². The molecular formula is C10H21NS. The van der Waals surface area contributed by atoms with Crippen molar-refractivity contribution >= 4 is 11.8 Å². The predicted octanol–water partition coefficient (Wildman–Crippen LogP) is 2.52. The molecule has 0 spiro atoms. The molecule has 1 aliphatic rings. The average molecular weight is 187 g/mol. The van der Waals surface area contributed by atoms with Crippen LogP contribution in [-0.2, 0) is 0 Å². The molecule has 1 N–H and O–H groups in total. The monoisotopic (exact) mass is 187 g/mol. The molecular weight excluding hydrogens is 166 g/mol. The van der Waals surface area contributed by atoms with Crippen molar-refractivity contribution in [1.29, 1.82) is 0 Å². The summed E-state index contributed by atoms with van der Waals surface area (Å²) in [5.74, 6) is 1.29. The van der Waals surface area contributed by atoms with Crippen LogP contribution in [0.5, 0.6) is 0 Å². The van der Waals surface area contributed by atoms with E-state index in [2.05, 4.69) is 25.4 Å². The van der Waals surface area contributed by atoms with Crippen molar-refractivity contribution in [3.05, 3.63) is 0 Å². The maximum Gasteiger partial charge on any atom is 0.00925 e. The third-order valence-corrected chi connectivity index (χ3v) is 3.76. The Bertz CT molecular complexity index is 132. The zero-order valence-electron chi connectivity index (χ0n) is 8.52. The molecule has 0 saturated heterocycles. The first-order valence-corrected chi connectivity index (χ1v) is 6.31. The summed E-state index contributed by atoms with van der Waals surface area (Å²) in [6.45, 7) is 5.91. The Morgan fingerprint density at radius 1 is 1.50 bits per heavy atom. The second kappa shape index (κ2) is 4.52. The number of hydrogen-bond acceptors (Lipinski definition) is 2. The fraction of sp³-hybridized carbons (Fsp3) is 1.00. The van der Waals surface area contributed by atoms with Gasteiger partial charge in [0.05, 0.1) is 0 Å². The molecule has 1 saturated carbocycles. The zero-order valence-corrected chi connectivity index (χ0v) is 9.34. The molecule has 2 heteroatoms. The lowest BCUT2D eigenvalue weighted by Crippen LogP contribution is -2.34. The molecule has 1 rings (SSSR count). The van der Waals surface area contributed by atoms with Crippen molar-refractivity contribution in [2.45, 2.75) is 39.2 Å². The van der Waals surface area contributed by atoms with E-state index in [1.54, 1.807) is 0 Å². The highest BCUT2D eigenvalue weighted by atomic mass is 32.2. The Labute approximate surface area is 80.7 Å². The van der Waals surface area contributed by atoms with Crippen molar-refractivity contribution in [3.63, 3.8) is 0 Å². The van der Waals surface area contributed by atoms with Gasteiger partial charge in [0.25, 0.3) is 0 Å². The van der Waals surface area contributed by atoms with Crippen LogP contribution in [0.15, 0.2) is 0 Å². The minimum Gasteiger partial charge on any atom is -0.314 e. The first-order chi connectivity index (χ1) is 5.69. The SMILES string of the molecule is CSCCCNC(C)C1(C)CC1. The number of nitrogens with one attached hydrogen (secondary N) is 1. The summed E-state index contributed by atoms with van der Waals surface area (Å²) < 4.78 is 0. The van der Waals surface area contributed by atoms with E-state index in [0.29, 0.717) is 5.41 Å². The molecule has 12 heavy (non-hydrogen) atoms. The maximum atomic E-state index is 3.61. The van der Waals surface area contributed by atoms with E-state index in [4.69, 9.17) is 0 Å². The highest BCUT2D eigenvalue weighted by molar-refractivity contribution is 7.98. The lowest BCUT2D eigenvalue weighted by Gasteiger charge is -2.20. The third kappa shape index (κ3) is 2.98. The largest absolute Gasteiger partial charge is 0.314 e. The van der Waals surface area contributed by atoms with Gasteiger partial charge < -0.3 is 5.32 Å². The molecule has 1 fully saturated rings. The molecule has 0 amide bonds. The van der Waals surface area contributed by atoms with E-state index < -0.39 is 0 Å². The van der Waals surface area contributed by atoms with Crippen molar-refractivity contribution in [2.75, 3.05) is 18.6 Å². The van der Waals surface area contributed by atoms with Crippen LogP contribution in [0.1, 0.15) is 33.1 Å². The third-order valence-electron chi connectivity index (χ3n) is 3.06. The number of hydrogen-bond donors (Lipinski definition) is 1. The fourth-order valence-corrected chi connectivity index (χ4v) is 1.84. The second-order valence-corrected chi connectivity index (χ2v) is 5.16. The van der Waals surface area contributed by atoms with Gasteiger partial charge in [0.15, 0.2) is 0 Å². The van der Waals surface area contributed by atoms with E-state index in [9.17, 15) is 0 Å². The van der Waals surface area contributed by atoms with Gasteiger partial charge in [-0.2, -0.15) is 11.8 Å². The Morgan fingerprint density at radius 2 is 2.17 bits per heavy atom. The summed E-state index contributed by atoms with van der Waals surface area (Å²) >= 11 is 1.94. The maximum absolute atomic E-state index is 3.61. The van der Waals surface area contributed by atoms with Gasteiger partial charge in [0.2, 0.25) is 0 Å². The molecule has 1 unspecified atom stereocenters. The normalized spacial score (nSPS) is 22.2. The van der Waals surface area contributed by atoms with Gasteiger partial charge in [0.1, 0.15) is 0 Å². The predicted molar refractivity (Wildman–Crippen MR) is 57.8 cm³/mol. The number of rotatable bonds is 6. The Kier molecular flexibility index (Phi) is 3.91. The standard InChI is InChI=1S/C10H21NS/c1-9(10(2)5-6-10)11-7-4-8-12-3/h9,11H,4-8H2,1-3H3. The van der Waals surface area contributed by atoms with Crippen LogP contribution in [0.2, 0.25) is 0 Å². The highest BCUT2D eigenvalue weighted by Gasteiger charge is 2.41. The summed E-state index contributed by atoms with van der Waals surface area (Å²) in [5, 5.41) is 3.61. The van der Waals surface area contributed by atoms with Crippen molar-refractivity contribution in [1.82, 2.24) is 5.32 Å². The molecule has 1 nitrogen and oxygen atoms in total. The van der Waals surface area contributed by atoms with Gasteiger partial charge >= 0.3 is 0 Å². The lowest BCUT2D eigenvalue weighted by molar-refractivity contribution is 0.382. The van der Waals surface area contributed by atoms with Crippen LogP contribution in [0.3, 0.4) is 0 Å². The molecule has 0 bridgehead atoms.